The smallest absolute Gasteiger partial charge is 0.222 e. The summed E-state index contributed by atoms with van der Waals surface area (Å²) in [4.78, 5) is 31.7. The topological polar surface area (TPSA) is 91.0 Å². The zero-order valence-corrected chi connectivity index (χ0v) is 14.8. The molecule has 2 heterocycles. The van der Waals surface area contributed by atoms with E-state index in [2.05, 4.69) is 17.1 Å². The van der Waals surface area contributed by atoms with Gasteiger partial charge in [-0.2, -0.15) is 0 Å². The van der Waals surface area contributed by atoms with E-state index in [0.29, 0.717) is 25.3 Å². The van der Waals surface area contributed by atoms with Crippen LogP contribution >= 0.6 is 0 Å². The minimum Gasteiger partial charge on any atom is -0.370 e. The van der Waals surface area contributed by atoms with Crippen LogP contribution in [0.3, 0.4) is 0 Å². The first-order chi connectivity index (χ1) is 11.6. The summed E-state index contributed by atoms with van der Waals surface area (Å²) in [5.41, 5.74) is 5.34. The Morgan fingerprint density at radius 2 is 2.21 bits per heavy atom. The second-order valence-electron chi connectivity index (χ2n) is 6.70. The Kier molecular flexibility index (Phi) is 7.34. The number of guanidine groups is 1. The fraction of sp³-hybridized carbons (Fsp3) is 0.824. The molecule has 3 N–H and O–H groups in total. The number of hydrogen-bond acceptors (Lipinski definition) is 3. The Hall–Kier alpha value is -1.79. The molecular weight excluding hydrogens is 306 g/mol. The van der Waals surface area contributed by atoms with Gasteiger partial charge in [0.15, 0.2) is 5.96 Å². The average molecular weight is 337 g/mol. The quantitative estimate of drug-likeness (QED) is 0.403. The highest BCUT2D eigenvalue weighted by molar-refractivity contribution is 5.80. The summed E-state index contributed by atoms with van der Waals surface area (Å²) in [7, 11) is 0. The van der Waals surface area contributed by atoms with Crippen LogP contribution in [0.4, 0.5) is 0 Å². The van der Waals surface area contributed by atoms with Gasteiger partial charge in [0.05, 0.1) is 0 Å². The molecule has 7 heteroatoms. The summed E-state index contributed by atoms with van der Waals surface area (Å²) in [6.07, 6.45) is 5.13. The zero-order valence-electron chi connectivity index (χ0n) is 14.8. The van der Waals surface area contributed by atoms with Gasteiger partial charge in [-0.25, -0.2) is 0 Å². The van der Waals surface area contributed by atoms with Crippen molar-refractivity contribution < 1.29 is 9.59 Å². The second-order valence-corrected chi connectivity index (χ2v) is 6.70. The number of primary amides is 1. The summed E-state index contributed by atoms with van der Waals surface area (Å²) in [5.74, 6) is 1.29. The molecule has 2 amide bonds. The van der Waals surface area contributed by atoms with Crippen molar-refractivity contribution >= 4 is 17.8 Å². The standard InChI is InChI=1S/C17H31N5O2/c1-2-19-17(20-8-5-11-21-9-4-7-16(21)24)22-10-3-6-14(13-22)12-15(18)23/h14H,2-13H2,1H3,(H2,18,23)(H,19,20). The van der Waals surface area contributed by atoms with Gasteiger partial charge in [-0.3, -0.25) is 14.6 Å². The van der Waals surface area contributed by atoms with Crippen molar-refractivity contribution in [1.29, 1.82) is 0 Å². The third kappa shape index (κ3) is 5.69. The molecular formula is C17H31N5O2. The van der Waals surface area contributed by atoms with Gasteiger partial charge in [0, 0.05) is 52.1 Å². The highest BCUT2D eigenvalue weighted by atomic mass is 16.2. The van der Waals surface area contributed by atoms with Crippen LogP contribution < -0.4 is 11.1 Å². The summed E-state index contributed by atoms with van der Waals surface area (Å²) < 4.78 is 0. The molecule has 0 spiro atoms. The maximum Gasteiger partial charge on any atom is 0.222 e. The van der Waals surface area contributed by atoms with Crippen molar-refractivity contribution in [3.63, 3.8) is 0 Å². The predicted octanol–water partition coefficient (Wildman–Crippen LogP) is 0.552. The Labute approximate surface area is 144 Å². The van der Waals surface area contributed by atoms with Crippen molar-refractivity contribution in [1.82, 2.24) is 15.1 Å². The van der Waals surface area contributed by atoms with Crippen molar-refractivity contribution in [2.75, 3.05) is 39.3 Å². The van der Waals surface area contributed by atoms with Gasteiger partial charge in [-0.1, -0.05) is 0 Å². The van der Waals surface area contributed by atoms with E-state index in [0.717, 1.165) is 64.4 Å². The van der Waals surface area contributed by atoms with Crippen molar-refractivity contribution in [3.8, 4) is 0 Å². The number of carbonyl (C=O) groups is 2. The number of hydrogen-bond donors (Lipinski definition) is 2. The summed E-state index contributed by atoms with van der Waals surface area (Å²) in [6.45, 7) is 7.08. The van der Waals surface area contributed by atoms with E-state index in [1.54, 1.807) is 0 Å². The van der Waals surface area contributed by atoms with Gasteiger partial charge in [0.1, 0.15) is 0 Å². The van der Waals surface area contributed by atoms with E-state index in [1.807, 2.05) is 4.90 Å². The molecule has 24 heavy (non-hydrogen) atoms. The van der Waals surface area contributed by atoms with Gasteiger partial charge in [-0.05, 0) is 38.5 Å². The minimum atomic E-state index is -0.223. The molecule has 0 bridgehead atoms. The van der Waals surface area contributed by atoms with E-state index in [1.165, 1.54) is 0 Å². The highest BCUT2D eigenvalue weighted by Gasteiger charge is 2.23. The fourth-order valence-corrected chi connectivity index (χ4v) is 3.52. The molecule has 2 aliphatic rings. The normalized spacial score (nSPS) is 22.1. The number of rotatable bonds is 7. The Morgan fingerprint density at radius 3 is 2.88 bits per heavy atom. The van der Waals surface area contributed by atoms with Crippen molar-refractivity contribution in [2.45, 2.75) is 45.4 Å². The first kappa shape index (κ1) is 18.5. The van der Waals surface area contributed by atoms with E-state index < -0.39 is 0 Å². The molecule has 0 radical (unpaired) electrons. The van der Waals surface area contributed by atoms with Crippen LogP contribution in [0, 0.1) is 5.92 Å². The largest absolute Gasteiger partial charge is 0.370 e. The molecule has 136 valence electrons. The van der Waals surface area contributed by atoms with Crippen LogP contribution in [-0.2, 0) is 9.59 Å². The SMILES string of the molecule is CCNC(=NCCCN1CCCC1=O)N1CCCC(CC(N)=O)C1. The number of nitrogens with one attached hydrogen (secondary N) is 1. The first-order valence-corrected chi connectivity index (χ1v) is 9.19. The maximum atomic E-state index is 11.6. The first-order valence-electron chi connectivity index (χ1n) is 9.19. The van der Waals surface area contributed by atoms with Gasteiger partial charge in [0.2, 0.25) is 11.8 Å². The molecule has 0 saturated carbocycles. The number of likely N-dealkylation sites (tertiary alicyclic amines) is 2. The molecule has 0 aromatic rings. The highest BCUT2D eigenvalue weighted by Crippen LogP contribution is 2.19. The fourth-order valence-electron chi connectivity index (χ4n) is 3.52. The van der Waals surface area contributed by atoms with E-state index in [4.69, 9.17) is 10.7 Å². The molecule has 2 rings (SSSR count). The number of nitrogens with zero attached hydrogens (tertiary/aromatic N) is 3. The van der Waals surface area contributed by atoms with Crippen LogP contribution in [-0.4, -0.2) is 66.8 Å². The van der Waals surface area contributed by atoms with Crippen molar-refractivity contribution in [2.24, 2.45) is 16.6 Å². The molecule has 2 saturated heterocycles. The molecule has 0 aliphatic carbocycles. The molecule has 7 nitrogen and oxygen atoms in total. The lowest BCUT2D eigenvalue weighted by Gasteiger charge is -2.34. The Morgan fingerprint density at radius 1 is 1.38 bits per heavy atom. The predicted molar refractivity (Wildman–Crippen MR) is 94.5 cm³/mol. The van der Waals surface area contributed by atoms with Gasteiger partial charge in [0.25, 0.3) is 0 Å². The average Bonchev–Trinajstić information content (AvgIpc) is 2.95. The summed E-state index contributed by atoms with van der Waals surface area (Å²) in [5, 5.41) is 3.34. The molecule has 1 unspecified atom stereocenters. The lowest BCUT2D eigenvalue weighted by molar-refractivity contribution is -0.127. The molecule has 1 atom stereocenters. The Bertz CT molecular complexity index is 466. The number of carbonyl (C=O) groups excluding carboxylic acids is 2. The van der Waals surface area contributed by atoms with E-state index >= 15 is 0 Å². The van der Waals surface area contributed by atoms with E-state index in [9.17, 15) is 9.59 Å². The summed E-state index contributed by atoms with van der Waals surface area (Å²) >= 11 is 0. The van der Waals surface area contributed by atoms with Crippen LogP contribution in [0.25, 0.3) is 0 Å². The third-order valence-corrected chi connectivity index (χ3v) is 4.66. The molecule has 2 aliphatic heterocycles. The van der Waals surface area contributed by atoms with E-state index in [-0.39, 0.29) is 11.8 Å². The molecule has 2 fully saturated rings. The third-order valence-electron chi connectivity index (χ3n) is 4.66. The number of nitrogens with two attached hydrogens (primary N) is 1. The molecule has 0 aromatic carbocycles. The zero-order chi connectivity index (χ0) is 17.4. The van der Waals surface area contributed by atoms with Crippen LogP contribution in [0.5, 0.6) is 0 Å². The number of amides is 2. The van der Waals surface area contributed by atoms with Crippen LogP contribution in [0.15, 0.2) is 4.99 Å². The van der Waals surface area contributed by atoms with Gasteiger partial charge >= 0.3 is 0 Å². The van der Waals surface area contributed by atoms with Crippen LogP contribution in [0.1, 0.15) is 45.4 Å². The molecule has 0 aromatic heterocycles. The lowest BCUT2D eigenvalue weighted by atomic mass is 9.95. The number of aliphatic imine (C=N–C) groups is 1. The van der Waals surface area contributed by atoms with Crippen LogP contribution in [0.2, 0.25) is 0 Å². The maximum absolute atomic E-state index is 11.6. The summed E-state index contributed by atoms with van der Waals surface area (Å²) in [6, 6.07) is 0. The Balaban J connectivity index is 1.82. The van der Waals surface area contributed by atoms with Crippen molar-refractivity contribution in [3.05, 3.63) is 0 Å². The number of piperidine rings is 1. The van der Waals surface area contributed by atoms with Gasteiger partial charge in [-0.15, -0.1) is 0 Å². The van der Waals surface area contributed by atoms with Gasteiger partial charge < -0.3 is 20.9 Å². The monoisotopic (exact) mass is 337 g/mol. The lowest BCUT2D eigenvalue weighted by Crippen LogP contribution is -2.47. The minimum absolute atomic E-state index is 0.223. The second kappa shape index (κ2) is 9.49.